The van der Waals surface area contributed by atoms with Crippen LogP contribution < -0.4 is 51.9 Å². The summed E-state index contributed by atoms with van der Waals surface area (Å²) in [7, 11) is -3.11. The number of nitrogens with two attached hydrogens (primary N) is 2. The molecule has 0 saturated carbocycles. The number of ether oxygens (including phenoxy) is 3. The van der Waals surface area contributed by atoms with Crippen molar-refractivity contribution in [3.05, 3.63) is 96.3 Å². The molecule has 0 bridgehead atoms. The number of aliphatic carboxylic acids is 2. The van der Waals surface area contributed by atoms with Crippen LogP contribution in [-0.4, -0.2) is 142 Å². The predicted octanol–water partition coefficient (Wildman–Crippen LogP) is 2.27. The summed E-state index contributed by atoms with van der Waals surface area (Å²) in [5.41, 5.74) is 9.22. The standard InChI is InChI=1S/C27H32N8O10S2.C25H35N3O6/c1-27(2)22(24(37)35(27)45-47(40,41)42)32-23(36)21(18-14-46-26(29)31-18)33-44-19(25(38)39)13-43-17-6-4-15(5-7-17)16-8-11-34(3)20(12-16)30-10-9-28;1-23(2,3)25(32,21(29)30)16-33-19-9-7-17(8-10-19)18-11-12-26-20(15-18)27-13-14-28-22(31)34-24(4,5)6/h4-8,11-12,14,19,22H,9-10,13,28H2,1-3H3,(H5,29,31,32,36,38,39,40,41,42);7-12,15,32H,13-14,16H2,1-6H3,(H,26,27)(H,28,31)(H,29,30)/b33-21-;/t19-,22+;25-/m01/s1. The molecule has 3 atom stereocenters. The van der Waals surface area contributed by atoms with Gasteiger partial charge in [-0.3, -0.25) is 19.5 Å². The summed E-state index contributed by atoms with van der Waals surface area (Å²) in [5.74, 6) is -2.76. The number of β-lactam (4-membered cyclic amide) rings is 1. The van der Waals surface area contributed by atoms with Gasteiger partial charge in [0.1, 0.15) is 53.5 Å². The van der Waals surface area contributed by atoms with Crippen molar-refractivity contribution in [3.8, 4) is 33.8 Å². The number of rotatable bonds is 24. The summed E-state index contributed by atoms with van der Waals surface area (Å²) >= 11 is 0.958. The van der Waals surface area contributed by atoms with Gasteiger partial charge in [-0.2, -0.15) is 13.5 Å². The Morgan fingerprint density at radius 1 is 0.914 bits per heavy atom. The summed E-state index contributed by atoms with van der Waals surface area (Å²) in [6, 6.07) is 20.3. The van der Waals surface area contributed by atoms with Gasteiger partial charge in [-0.05, 0) is 105 Å². The third-order valence-electron chi connectivity index (χ3n) is 11.9. The Morgan fingerprint density at radius 2 is 1.53 bits per heavy atom. The molecule has 3 amide bonds. The summed E-state index contributed by atoms with van der Waals surface area (Å²) in [6.07, 6.45) is 1.42. The first-order valence-corrected chi connectivity index (χ1v) is 27.1. The smallest absolute Gasteiger partial charge is 0.418 e. The lowest BCUT2D eigenvalue weighted by atomic mass is 9.77. The number of carboxylic acids is 2. The number of aromatic nitrogens is 3. The molecule has 6 rings (SSSR count). The number of nitrogens with zero attached hydrogens (tertiary/aromatic N) is 5. The van der Waals surface area contributed by atoms with Crippen LogP contribution in [0.2, 0.25) is 0 Å². The Balaban J connectivity index is 0.000000314. The Kier molecular flexibility index (Phi) is 21.1. The number of aliphatic hydroxyl groups is 1. The van der Waals surface area contributed by atoms with E-state index in [1.807, 2.05) is 54.2 Å². The Hall–Kier alpha value is -8.22. The van der Waals surface area contributed by atoms with E-state index in [1.165, 1.54) is 19.2 Å². The largest absolute Gasteiger partial charge is 0.547 e. The van der Waals surface area contributed by atoms with Gasteiger partial charge in [-0.15, -0.1) is 15.6 Å². The van der Waals surface area contributed by atoms with Crippen LogP contribution >= 0.6 is 11.3 Å². The SMILES string of the molecule is CC(C)(C)OC(=O)NCCNc1cc(-c2ccc(OC[C@@](O)(C(=O)[O-])C(C)(C)C)cc2)ccn1.C[n+]1ccc(-c2ccc(OC[C@H](O/N=C(\C(=O)N[C@@H]3C(=O)N(OS(=O)(=O)O)C3(C)C)c3csc(N)n3)C(=O)O)cc2)cc1NCCN. The second-order valence-corrected chi connectivity index (χ2v) is 22.5. The zero-order valence-electron chi connectivity index (χ0n) is 45.9. The number of hydrogen-bond acceptors (Lipinski definition) is 22. The monoisotopic (exact) mass is 1170 g/mol. The molecule has 0 radical (unpaired) electrons. The molecule has 1 saturated heterocycles. The minimum atomic E-state index is -5.02. The molecule has 4 heterocycles. The third-order valence-corrected chi connectivity index (χ3v) is 12.9. The van der Waals surface area contributed by atoms with E-state index in [0.29, 0.717) is 48.6 Å². The van der Waals surface area contributed by atoms with Crippen LogP contribution in [0.4, 0.5) is 21.6 Å². The number of amides is 3. The van der Waals surface area contributed by atoms with Gasteiger partial charge in [-0.25, -0.2) is 24.1 Å². The first-order chi connectivity index (χ1) is 37.8. The quantitative estimate of drug-likeness (QED) is 0.0107. The second-order valence-electron chi connectivity index (χ2n) is 20.6. The highest BCUT2D eigenvalue weighted by atomic mass is 32.3. The fourth-order valence-electron chi connectivity index (χ4n) is 7.21. The molecule has 11 N–H and O–H groups in total. The van der Waals surface area contributed by atoms with Crippen LogP contribution in [0.25, 0.3) is 22.3 Å². The topological polar surface area (TPSA) is 395 Å². The van der Waals surface area contributed by atoms with Crippen molar-refractivity contribution in [3.63, 3.8) is 0 Å². The lowest BCUT2D eigenvalue weighted by molar-refractivity contribution is -0.657. The van der Waals surface area contributed by atoms with Crippen LogP contribution in [0, 0.1) is 5.41 Å². The van der Waals surface area contributed by atoms with Crippen LogP contribution in [0.15, 0.2) is 95.7 Å². The molecule has 1 aliphatic heterocycles. The van der Waals surface area contributed by atoms with Crippen molar-refractivity contribution >= 4 is 74.1 Å². The Labute approximate surface area is 471 Å². The molecular formula is C52H67N11O16S2. The number of hydrogen-bond donors (Lipinski definition) is 9. The van der Waals surface area contributed by atoms with Gasteiger partial charge in [0.05, 0.1) is 31.3 Å². The van der Waals surface area contributed by atoms with E-state index in [-0.39, 0.29) is 10.8 Å². The maximum atomic E-state index is 13.2. The summed E-state index contributed by atoms with van der Waals surface area (Å²) in [6.45, 7) is 14.0. The summed E-state index contributed by atoms with van der Waals surface area (Å²) in [4.78, 5) is 74.3. The van der Waals surface area contributed by atoms with Crippen molar-refractivity contribution in [1.29, 1.82) is 0 Å². The van der Waals surface area contributed by atoms with E-state index in [9.17, 15) is 47.7 Å². The first-order valence-electron chi connectivity index (χ1n) is 24.8. The molecule has 27 nitrogen and oxygen atoms in total. The van der Waals surface area contributed by atoms with E-state index in [1.54, 1.807) is 84.1 Å². The van der Waals surface area contributed by atoms with Crippen LogP contribution in [-0.2, 0) is 50.5 Å². The number of carboxylic acid groups (broad SMARTS) is 2. The number of thiazole rings is 1. The zero-order chi connectivity index (χ0) is 60.1. The Bertz CT molecular complexity index is 3170. The lowest BCUT2D eigenvalue weighted by Crippen LogP contribution is -2.76. The number of alkyl carbamates (subject to hydrolysis) is 1. The molecule has 3 aromatic heterocycles. The fraction of sp³-hybridized carbons (Fsp3) is 0.404. The van der Waals surface area contributed by atoms with Crippen LogP contribution in [0.1, 0.15) is 61.1 Å². The number of oxime groups is 1. The van der Waals surface area contributed by atoms with Crippen molar-refractivity contribution < 1.29 is 80.2 Å². The molecule has 438 valence electrons. The maximum absolute atomic E-state index is 13.2. The molecule has 1 fully saturated rings. The molecule has 0 unspecified atom stereocenters. The number of nitrogen functional groups attached to an aromatic ring is 1. The Morgan fingerprint density at radius 3 is 2.06 bits per heavy atom. The average molecular weight is 1170 g/mol. The van der Waals surface area contributed by atoms with Crippen molar-refractivity contribution in [2.24, 2.45) is 23.4 Å². The highest BCUT2D eigenvalue weighted by Gasteiger charge is 2.58. The van der Waals surface area contributed by atoms with Gasteiger partial charge >= 0.3 is 22.5 Å². The molecule has 0 aliphatic carbocycles. The summed E-state index contributed by atoms with van der Waals surface area (Å²) in [5, 5.41) is 48.6. The van der Waals surface area contributed by atoms with Gasteiger partial charge < -0.3 is 66.6 Å². The first kappa shape index (κ1) is 63.6. The van der Waals surface area contributed by atoms with E-state index < -0.39 is 93.5 Å². The molecule has 1 aliphatic rings. The average Bonchev–Trinajstić information content (AvgIpc) is 3.85. The molecular weight excluding hydrogens is 1100 g/mol. The number of benzene rings is 2. The van der Waals surface area contributed by atoms with Crippen molar-refractivity contribution in [1.82, 2.24) is 25.7 Å². The van der Waals surface area contributed by atoms with Crippen molar-refractivity contribution in [2.45, 2.75) is 84.3 Å². The van der Waals surface area contributed by atoms with E-state index in [4.69, 9.17) is 35.1 Å². The molecule has 2 aromatic carbocycles. The van der Waals surface area contributed by atoms with E-state index in [2.05, 4.69) is 40.7 Å². The number of anilines is 3. The molecule has 0 spiro atoms. The number of carbonyl (C=O) groups is 5. The molecule has 81 heavy (non-hydrogen) atoms. The number of hydroxylamine groups is 2. The van der Waals surface area contributed by atoms with Gasteiger partial charge in [0.25, 0.3) is 23.7 Å². The number of aryl methyl sites for hydroxylation is 1. The molecule has 29 heteroatoms. The normalized spacial score (nSPS) is 15.3. The number of pyridine rings is 2. The molecule has 5 aromatic rings. The highest BCUT2D eigenvalue weighted by molar-refractivity contribution is 7.80. The van der Waals surface area contributed by atoms with Gasteiger partial charge in [0.15, 0.2) is 10.8 Å². The lowest BCUT2D eigenvalue weighted by Gasteiger charge is -2.50. The van der Waals surface area contributed by atoms with Gasteiger partial charge in [0.2, 0.25) is 0 Å². The minimum Gasteiger partial charge on any atom is -0.547 e. The number of carbonyl (C=O) groups excluding carboxylic acids is 4. The van der Waals surface area contributed by atoms with E-state index >= 15 is 0 Å². The zero-order valence-corrected chi connectivity index (χ0v) is 47.5. The van der Waals surface area contributed by atoms with Gasteiger partial charge in [0, 0.05) is 37.3 Å². The van der Waals surface area contributed by atoms with Crippen molar-refractivity contribution in [2.75, 3.05) is 55.8 Å². The third kappa shape index (κ3) is 17.9. The van der Waals surface area contributed by atoms with Crippen LogP contribution in [0.3, 0.4) is 0 Å². The predicted molar refractivity (Wildman–Crippen MR) is 294 cm³/mol. The minimum absolute atomic E-state index is 0.0577. The fourth-order valence-corrected chi connectivity index (χ4v) is 8.21. The number of nitrogens with one attached hydrogen (secondary N) is 4. The highest BCUT2D eigenvalue weighted by Crippen LogP contribution is 2.34. The van der Waals surface area contributed by atoms with Gasteiger partial charge in [-0.1, -0.05) is 50.2 Å². The second kappa shape index (κ2) is 26.8. The maximum Gasteiger partial charge on any atom is 0.418 e. The summed E-state index contributed by atoms with van der Waals surface area (Å²) < 4.78 is 53.7. The van der Waals surface area contributed by atoms with E-state index in [0.717, 1.165) is 39.4 Å². The van der Waals surface area contributed by atoms with Crippen LogP contribution in [0.5, 0.6) is 11.5 Å².